The van der Waals surface area contributed by atoms with Crippen LogP contribution in [0.4, 0.5) is 4.39 Å². The van der Waals surface area contributed by atoms with Gasteiger partial charge in [-0.2, -0.15) is 5.10 Å². The molecule has 1 aromatic heterocycles. The summed E-state index contributed by atoms with van der Waals surface area (Å²) in [5.41, 5.74) is 6.91. The molecule has 0 aliphatic carbocycles. The Kier molecular flexibility index (Phi) is 5.61. The van der Waals surface area contributed by atoms with Gasteiger partial charge in [0.1, 0.15) is 11.5 Å². The number of aromatic nitrogens is 2. The van der Waals surface area contributed by atoms with E-state index in [2.05, 4.69) is 75.9 Å². The fourth-order valence-corrected chi connectivity index (χ4v) is 5.47. The van der Waals surface area contributed by atoms with E-state index in [0.29, 0.717) is 11.6 Å². The number of hydrogen-bond donors (Lipinski definition) is 2. The summed E-state index contributed by atoms with van der Waals surface area (Å²) in [6.45, 7) is 6.91. The summed E-state index contributed by atoms with van der Waals surface area (Å²) in [6.07, 6.45) is 1.90. The summed E-state index contributed by atoms with van der Waals surface area (Å²) in [5.74, 6) is 0.701. The Hall–Kier alpha value is -3.51. The van der Waals surface area contributed by atoms with Gasteiger partial charge in [-0.05, 0) is 65.8 Å². The van der Waals surface area contributed by atoms with Gasteiger partial charge < -0.3 is 5.32 Å². The van der Waals surface area contributed by atoms with Crippen molar-refractivity contribution < 1.29 is 4.39 Å². The zero-order chi connectivity index (χ0) is 23.9. The van der Waals surface area contributed by atoms with Crippen molar-refractivity contribution >= 4 is 16.7 Å². The Morgan fingerprint density at radius 1 is 1.09 bits per heavy atom. The number of nitrogens with zero attached hydrogens (tertiary/aromatic N) is 3. The van der Waals surface area contributed by atoms with Crippen molar-refractivity contribution in [3.63, 3.8) is 0 Å². The molecular weight excluding hydrogens is 437 g/mol. The minimum Gasteiger partial charge on any atom is -0.362 e. The van der Waals surface area contributed by atoms with Crippen LogP contribution in [-0.2, 0) is 13.0 Å². The lowest BCUT2D eigenvalue weighted by atomic mass is 9.95. The zero-order valence-corrected chi connectivity index (χ0v) is 20.2. The minimum atomic E-state index is -0.170. The first kappa shape index (κ1) is 22.0. The van der Waals surface area contributed by atoms with E-state index < -0.39 is 0 Å². The average molecular weight is 468 g/mol. The topological polar surface area (TPSA) is 56.3 Å². The third kappa shape index (κ3) is 4.12. The number of likely N-dealkylation sites (tertiary alicyclic amines) is 1. The summed E-state index contributed by atoms with van der Waals surface area (Å²) in [7, 11) is 0. The highest BCUT2D eigenvalue weighted by atomic mass is 19.1. The third-order valence-corrected chi connectivity index (χ3v) is 7.39. The van der Waals surface area contributed by atoms with Gasteiger partial charge in [-0.3, -0.25) is 15.0 Å². The lowest BCUT2D eigenvalue weighted by molar-refractivity contribution is 0.184. The van der Waals surface area contributed by atoms with Crippen LogP contribution in [0.1, 0.15) is 35.7 Å². The molecule has 5 nitrogen and oxygen atoms in total. The van der Waals surface area contributed by atoms with Gasteiger partial charge in [0.15, 0.2) is 5.84 Å². The summed E-state index contributed by atoms with van der Waals surface area (Å²) < 4.78 is 14.4. The molecule has 2 aliphatic rings. The number of benzene rings is 3. The molecule has 2 atom stereocenters. The van der Waals surface area contributed by atoms with E-state index in [4.69, 9.17) is 4.99 Å². The van der Waals surface area contributed by atoms with Crippen molar-refractivity contribution in [2.24, 2.45) is 4.99 Å². The number of aromatic amines is 1. The molecule has 2 aliphatic heterocycles. The second-order valence-corrected chi connectivity index (χ2v) is 9.75. The van der Waals surface area contributed by atoms with Crippen LogP contribution in [-0.4, -0.2) is 46.1 Å². The van der Waals surface area contributed by atoms with E-state index in [0.717, 1.165) is 71.6 Å². The monoisotopic (exact) mass is 467 g/mol. The molecule has 2 N–H and O–H groups in total. The van der Waals surface area contributed by atoms with Crippen molar-refractivity contribution in [1.29, 1.82) is 0 Å². The SMILES string of the molecule is CCc1cc(C)c(F)cc1-c1ccc2c(C3=NC4CCN(Cc5ccccc5)CC4N3)n[nH]c2c1. The first-order chi connectivity index (χ1) is 17.1. The lowest BCUT2D eigenvalue weighted by Crippen LogP contribution is -2.49. The Labute approximate surface area is 205 Å². The van der Waals surface area contributed by atoms with E-state index in [1.165, 1.54) is 5.56 Å². The summed E-state index contributed by atoms with van der Waals surface area (Å²) in [5, 5.41) is 12.5. The van der Waals surface area contributed by atoms with E-state index >= 15 is 0 Å². The largest absolute Gasteiger partial charge is 0.362 e. The van der Waals surface area contributed by atoms with Crippen molar-refractivity contribution in [2.75, 3.05) is 13.1 Å². The molecule has 0 saturated carbocycles. The molecule has 0 bridgehead atoms. The second kappa shape index (κ2) is 8.93. The number of fused-ring (bicyclic) bond motifs is 2. The van der Waals surface area contributed by atoms with Gasteiger partial charge in [0, 0.05) is 25.0 Å². The zero-order valence-electron chi connectivity index (χ0n) is 20.2. The molecular formula is C29H30FN5. The molecule has 0 amide bonds. The Bertz CT molecular complexity index is 1410. The van der Waals surface area contributed by atoms with Crippen LogP contribution in [0.2, 0.25) is 0 Å². The Balaban J connectivity index is 1.23. The number of aryl methyl sites for hydroxylation is 2. The van der Waals surface area contributed by atoms with E-state index in [1.54, 1.807) is 6.07 Å². The number of nitrogens with one attached hydrogen (secondary N) is 2. The maximum atomic E-state index is 14.4. The van der Waals surface area contributed by atoms with Gasteiger partial charge in [0.25, 0.3) is 0 Å². The predicted molar refractivity (Wildman–Crippen MR) is 139 cm³/mol. The maximum absolute atomic E-state index is 14.4. The summed E-state index contributed by atoms with van der Waals surface area (Å²) >= 11 is 0. The molecule has 0 radical (unpaired) electrons. The highest BCUT2D eigenvalue weighted by Gasteiger charge is 2.35. The van der Waals surface area contributed by atoms with Gasteiger partial charge in [-0.1, -0.05) is 49.4 Å². The first-order valence-corrected chi connectivity index (χ1v) is 12.5. The van der Waals surface area contributed by atoms with Crippen LogP contribution in [0.25, 0.3) is 22.0 Å². The number of piperidine rings is 1. The fourth-order valence-electron chi connectivity index (χ4n) is 5.47. The average Bonchev–Trinajstić information content (AvgIpc) is 3.49. The van der Waals surface area contributed by atoms with Crippen LogP contribution >= 0.6 is 0 Å². The van der Waals surface area contributed by atoms with Crippen molar-refractivity contribution in [3.05, 3.63) is 88.9 Å². The molecule has 178 valence electrons. The smallest absolute Gasteiger partial charge is 0.150 e. The lowest BCUT2D eigenvalue weighted by Gasteiger charge is -2.34. The van der Waals surface area contributed by atoms with Gasteiger partial charge >= 0.3 is 0 Å². The van der Waals surface area contributed by atoms with Crippen LogP contribution in [0, 0.1) is 12.7 Å². The molecule has 3 aromatic carbocycles. The summed E-state index contributed by atoms with van der Waals surface area (Å²) in [6, 6.07) is 21.0. The standard InChI is InChI=1S/C29H30FN5/c1-3-20-13-18(2)24(30)15-23(20)21-9-10-22-26(14-21)33-34-28(22)29-31-25-11-12-35(17-27(25)32-29)16-19-7-5-4-6-8-19/h4-10,13-15,25,27H,3,11-12,16-17H2,1-2H3,(H,31,32)(H,33,34). The molecule has 6 rings (SSSR count). The summed E-state index contributed by atoms with van der Waals surface area (Å²) in [4.78, 5) is 7.52. The third-order valence-electron chi connectivity index (χ3n) is 7.39. The van der Waals surface area contributed by atoms with Gasteiger partial charge in [0.05, 0.1) is 17.6 Å². The predicted octanol–water partition coefficient (Wildman–Crippen LogP) is 5.23. The van der Waals surface area contributed by atoms with Crippen molar-refractivity contribution in [2.45, 2.75) is 45.3 Å². The van der Waals surface area contributed by atoms with E-state index in [9.17, 15) is 4.39 Å². The molecule has 4 aromatic rings. The van der Waals surface area contributed by atoms with Crippen LogP contribution in [0.5, 0.6) is 0 Å². The Morgan fingerprint density at radius 2 is 1.94 bits per heavy atom. The van der Waals surface area contributed by atoms with Crippen LogP contribution in [0.3, 0.4) is 0 Å². The number of H-pyrrole nitrogens is 1. The number of halogens is 1. The maximum Gasteiger partial charge on any atom is 0.150 e. The number of aliphatic imine (C=N–C) groups is 1. The minimum absolute atomic E-state index is 0.170. The highest BCUT2D eigenvalue weighted by molar-refractivity contribution is 6.09. The quantitative estimate of drug-likeness (QED) is 0.422. The van der Waals surface area contributed by atoms with Gasteiger partial charge in [-0.15, -0.1) is 0 Å². The molecule has 2 unspecified atom stereocenters. The van der Waals surface area contributed by atoms with Gasteiger partial charge in [0.2, 0.25) is 0 Å². The first-order valence-electron chi connectivity index (χ1n) is 12.5. The number of amidine groups is 1. The second-order valence-electron chi connectivity index (χ2n) is 9.75. The molecule has 3 heterocycles. The molecule has 35 heavy (non-hydrogen) atoms. The molecule has 6 heteroatoms. The normalized spacial score (nSPS) is 20.0. The molecule has 0 spiro atoms. The highest BCUT2D eigenvalue weighted by Crippen LogP contribution is 2.31. The fraction of sp³-hybridized carbons (Fsp3) is 0.310. The van der Waals surface area contributed by atoms with Crippen LogP contribution in [0.15, 0.2) is 65.7 Å². The van der Waals surface area contributed by atoms with Crippen molar-refractivity contribution in [1.82, 2.24) is 20.4 Å². The molecule has 1 fully saturated rings. The van der Waals surface area contributed by atoms with Gasteiger partial charge in [-0.25, -0.2) is 4.39 Å². The van der Waals surface area contributed by atoms with Crippen molar-refractivity contribution in [3.8, 4) is 11.1 Å². The van der Waals surface area contributed by atoms with Crippen LogP contribution < -0.4 is 5.32 Å². The number of rotatable bonds is 5. The molecule has 1 saturated heterocycles. The Morgan fingerprint density at radius 3 is 2.77 bits per heavy atom. The van der Waals surface area contributed by atoms with E-state index in [1.807, 2.05) is 13.0 Å². The number of hydrogen-bond acceptors (Lipinski definition) is 4. The van der Waals surface area contributed by atoms with E-state index in [-0.39, 0.29) is 11.9 Å².